The highest BCUT2D eigenvalue weighted by atomic mass is 79.9. The predicted molar refractivity (Wildman–Crippen MR) is 50.8 cm³/mol. The Kier molecular flexibility index (Phi) is 2.97. The van der Waals surface area contributed by atoms with Crippen molar-refractivity contribution in [3.05, 3.63) is 19.8 Å². The molecule has 0 bridgehead atoms. The van der Waals surface area contributed by atoms with Gasteiger partial charge in [0, 0.05) is 9.35 Å². The van der Waals surface area contributed by atoms with Crippen LogP contribution in [0.4, 0.5) is 0 Å². The van der Waals surface area contributed by atoms with Crippen LogP contribution in [0.25, 0.3) is 0 Å². The highest BCUT2D eigenvalue weighted by Crippen LogP contribution is 2.34. The monoisotopic (exact) mass is 250 g/mol. The zero-order chi connectivity index (χ0) is 8.43. The van der Waals surface area contributed by atoms with Crippen molar-refractivity contribution in [2.45, 2.75) is 6.10 Å². The van der Waals surface area contributed by atoms with Crippen LogP contribution < -0.4 is 0 Å². The quantitative estimate of drug-likeness (QED) is 0.761. The van der Waals surface area contributed by atoms with Gasteiger partial charge in [-0.2, -0.15) is 0 Å². The number of hydrogen-bond donors (Lipinski definition) is 1. The van der Waals surface area contributed by atoms with Crippen molar-refractivity contribution in [1.29, 1.82) is 0 Å². The zero-order valence-corrected chi connectivity index (χ0v) is 8.50. The van der Waals surface area contributed by atoms with E-state index < -0.39 is 6.10 Å². The number of halogens is 2. The molecule has 0 saturated carbocycles. The summed E-state index contributed by atoms with van der Waals surface area (Å²) in [6, 6.07) is 1.72. The molecule has 1 rings (SSSR count). The molecule has 0 aliphatic carbocycles. The number of hydrogen-bond acceptors (Lipinski definition) is 2. The van der Waals surface area contributed by atoms with E-state index in [4.69, 9.17) is 23.1 Å². The van der Waals surface area contributed by atoms with Crippen molar-refractivity contribution in [1.82, 2.24) is 0 Å². The van der Waals surface area contributed by atoms with Crippen molar-refractivity contribution in [3.63, 3.8) is 0 Å². The van der Waals surface area contributed by atoms with Crippen LogP contribution in [-0.2, 0) is 0 Å². The minimum Gasteiger partial charge on any atom is -0.375 e. The van der Waals surface area contributed by atoms with E-state index in [0.717, 1.165) is 4.47 Å². The second-order valence-corrected chi connectivity index (χ2v) is 4.38. The van der Waals surface area contributed by atoms with E-state index in [2.05, 4.69) is 21.9 Å². The first-order chi connectivity index (χ1) is 5.15. The standard InChI is InChI=1S/C7H4BrClOS/c1-2-5(10)6-3-4(8)7(9)11-6/h1,3,5,10H. The van der Waals surface area contributed by atoms with Crippen LogP contribution >= 0.6 is 38.9 Å². The van der Waals surface area contributed by atoms with Crippen LogP contribution in [0.1, 0.15) is 11.0 Å². The molecule has 1 aromatic rings. The smallest absolute Gasteiger partial charge is 0.149 e. The van der Waals surface area contributed by atoms with E-state index in [1.807, 2.05) is 0 Å². The molecule has 1 heterocycles. The van der Waals surface area contributed by atoms with E-state index >= 15 is 0 Å². The van der Waals surface area contributed by atoms with Crippen LogP contribution in [0, 0.1) is 12.3 Å². The van der Waals surface area contributed by atoms with E-state index in [0.29, 0.717) is 9.21 Å². The van der Waals surface area contributed by atoms with Crippen molar-refractivity contribution in [2.75, 3.05) is 0 Å². The molecular weight excluding hydrogens is 248 g/mol. The number of thiophene rings is 1. The Morgan fingerprint density at radius 3 is 2.82 bits per heavy atom. The highest BCUT2D eigenvalue weighted by molar-refractivity contribution is 9.10. The molecule has 0 fully saturated rings. The summed E-state index contributed by atoms with van der Waals surface area (Å²) < 4.78 is 1.38. The van der Waals surface area contributed by atoms with Gasteiger partial charge in [-0.25, -0.2) is 0 Å². The maximum absolute atomic E-state index is 9.16. The third-order valence-corrected chi connectivity index (χ3v) is 3.62. The summed E-state index contributed by atoms with van der Waals surface area (Å²) in [5.74, 6) is 2.21. The number of aliphatic hydroxyl groups is 1. The Morgan fingerprint density at radius 2 is 2.45 bits per heavy atom. The van der Waals surface area contributed by atoms with Gasteiger partial charge in [0.2, 0.25) is 0 Å². The molecule has 1 atom stereocenters. The summed E-state index contributed by atoms with van der Waals surface area (Å²) >= 11 is 10.2. The molecule has 0 aliphatic rings. The summed E-state index contributed by atoms with van der Waals surface area (Å²) in [7, 11) is 0. The van der Waals surface area contributed by atoms with E-state index in [-0.39, 0.29) is 0 Å². The molecule has 1 nitrogen and oxygen atoms in total. The number of rotatable bonds is 1. The Labute approximate surface area is 82.1 Å². The van der Waals surface area contributed by atoms with Gasteiger partial charge in [0.25, 0.3) is 0 Å². The molecule has 1 N–H and O–H groups in total. The maximum atomic E-state index is 9.16. The van der Waals surface area contributed by atoms with Crippen molar-refractivity contribution < 1.29 is 5.11 Å². The van der Waals surface area contributed by atoms with Gasteiger partial charge in [-0.15, -0.1) is 17.8 Å². The van der Waals surface area contributed by atoms with Gasteiger partial charge < -0.3 is 5.11 Å². The fraction of sp³-hybridized carbons (Fsp3) is 0.143. The second-order valence-electron chi connectivity index (χ2n) is 1.84. The molecule has 1 unspecified atom stereocenters. The summed E-state index contributed by atoms with van der Waals surface area (Å²) in [6.07, 6.45) is 4.17. The molecule has 4 heteroatoms. The average Bonchev–Trinajstić information content (AvgIpc) is 2.31. The summed E-state index contributed by atoms with van der Waals surface area (Å²) in [6.45, 7) is 0. The van der Waals surface area contributed by atoms with Gasteiger partial charge >= 0.3 is 0 Å². The molecule has 0 aliphatic heterocycles. The highest BCUT2D eigenvalue weighted by Gasteiger charge is 2.09. The zero-order valence-electron chi connectivity index (χ0n) is 5.34. The van der Waals surface area contributed by atoms with Crippen molar-refractivity contribution >= 4 is 38.9 Å². The third kappa shape index (κ3) is 1.97. The molecule has 0 radical (unpaired) electrons. The van der Waals surface area contributed by atoms with Gasteiger partial charge in [0.1, 0.15) is 10.4 Å². The predicted octanol–water partition coefficient (Wildman–Crippen LogP) is 2.83. The minimum atomic E-state index is -0.844. The van der Waals surface area contributed by atoms with Crippen LogP contribution in [-0.4, -0.2) is 5.11 Å². The Hall–Kier alpha value is -0.0100. The fourth-order valence-corrected chi connectivity index (χ4v) is 2.26. The van der Waals surface area contributed by atoms with Gasteiger partial charge in [-0.05, 0) is 22.0 Å². The number of terminal acetylenes is 1. The molecular formula is C7H4BrClOS. The van der Waals surface area contributed by atoms with Crippen molar-refractivity contribution in [2.24, 2.45) is 0 Å². The molecule has 58 valence electrons. The van der Waals surface area contributed by atoms with E-state index in [1.165, 1.54) is 11.3 Å². The van der Waals surface area contributed by atoms with Gasteiger partial charge in [-0.1, -0.05) is 17.5 Å². The SMILES string of the molecule is C#CC(O)c1cc(Br)c(Cl)s1. The lowest BCUT2D eigenvalue weighted by atomic mass is 10.3. The maximum Gasteiger partial charge on any atom is 0.149 e. The first-order valence-electron chi connectivity index (χ1n) is 2.74. The van der Waals surface area contributed by atoms with Crippen LogP contribution in [0.15, 0.2) is 10.5 Å². The molecule has 0 aromatic carbocycles. The number of aliphatic hydroxyl groups excluding tert-OH is 1. The Morgan fingerprint density at radius 1 is 1.82 bits per heavy atom. The summed E-state index contributed by atoms with van der Waals surface area (Å²) in [5.41, 5.74) is 0. The van der Waals surface area contributed by atoms with E-state index in [9.17, 15) is 0 Å². The lowest BCUT2D eigenvalue weighted by molar-refractivity contribution is 0.242. The van der Waals surface area contributed by atoms with Gasteiger partial charge in [-0.3, -0.25) is 0 Å². The molecule has 0 saturated heterocycles. The largest absolute Gasteiger partial charge is 0.375 e. The molecule has 11 heavy (non-hydrogen) atoms. The van der Waals surface area contributed by atoms with Gasteiger partial charge in [0.15, 0.2) is 0 Å². The van der Waals surface area contributed by atoms with Crippen LogP contribution in [0.5, 0.6) is 0 Å². The molecule has 0 amide bonds. The second kappa shape index (κ2) is 3.59. The first-order valence-corrected chi connectivity index (χ1v) is 4.73. The normalized spacial score (nSPS) is 12.5. The van der Waals surface area contributed by atoms with Crippen LogP contribution in [0.3, 0.4) is 0 Å². The lowest BCUT2D eigenvalue weighted by Crippen LogP contribution is -1.86. The van der Waals surface area contributed by atoms with Gasteiger partial charge in [0.05, 0.1) is 0 Å². The van der Waals surface area contributed by atoms with Crippen LogP contribution in [0.2, 0.25) is 4.34 Å². The minimum absolute atomic E-state index is 0.606. The van der Waals surface area contributed by atoms with E-state index in [1.54, 1.807) is 6.07 Å². The Bertz CT molecular complexity index is 282. The average molecular weight is 252 g/mol. The summed E-state index contributed by atoms with van der Waals surface area (Å²) in [4.78, 5) is 0.685. The Balaban J connectivity index is 2.99. The van der Waals surface area contributed by atoms with Crippen molar-refractivity contribution in [3.8, 4) is 12.3 Å². The molecule has 0 spiro atoms. The first kappa shape index (κ1) is 9.08. The topological polar surface area (TPSA) is 20.2 Å². The summed E-state index contributed by atoms with van der Waals surface area (Å²) in [5, 5.41) is 9.16. The molecule has 1 aromatic heterocycles. The fourth-order valence-electron chi connectivity index (χ4n) is 0.580. The third-order valence-electron chi connectivity index (χ3n) is 1.09. The lowest BCUT2D eigenvalue weighted by Gasteiger charge is -1.95.